The Morgan fingerprint density at radius 3 is 2.58 bits per heavy atom. The molecule has 1 N–H and O–H groups in total. The zero-order chi connectivity index (χ0) is 21.8. The standard InChI is InChI=1S/C24H19ClFN3OS/c1-15-11-18(9-10-19(15)26)27-23(30)14-31-24-13-22(16-5-4-6-17(25)12-16)28-20-7-2-3-8-21(20)29-24/h2-12H,13-14H2,1H3,(H,27,30). The molecule has 4 nitrogen and oxygen atoms in total. The first kappa shape index (κ1) is 21.3. The fraction of sp³-hybridized carbons (Fsp3) is 0.125. The van der Waals surface area contributed by atoms with Gasteiger partial charge in [0, 0.05) is 17.1 Å². The predicted molar refractivity (Wildman–Crippen MR) is 128 cm³/mol. The van der Waals surface area contributed by atoms with Gasteiger partial charge in [0.1, 0.15) is 5.82 Å². The van der Waals surface area contributed by atoms with Crippen LogP contribution in [0.1, 0.15) is 17.5 Å². The van der Waals surface area contributed by atoms with Crippen molar-refractivity contribution in [1.82, 2.24) is 0 Å². The average molecular weight is 452 g/mol. The lowest BCUT2D eigenvalue weighted by molar-refractivity contribution is -0.113. The normalized spacial score (nSPS) is 13.0. The van der Waals surface area contributed by atoms with Crippen molar-refractivity contribution in [2.24, 2.45) is 9.98 Å². The second-order valence-corrected chi connectivity index (χ2v) is 8.53. The lowest BCUT2D eigenvalue weighted by atomic mass is 10.1. The van der Waals surface area contributed by atoms with Gasteiger partial charge in [-0.3, -0.25) is 9.79 Å². The molecule has 3 aromatic carbocycles. The summed E-state index contributed by atoms with van der Waals surface area (Å²) in [5.41, 5.74) is 4.35. The average Bonchev–Trinajstić information content (AvgIpc) is 2.94. The van der Waals surface area contributed by atoms with Crippen LogP contribution < -0.4 is 5.32 Å². The van der Waals surface area contributed by atoms with Crippen molar-refractivity contribution >= 4 is 57.1 Å². The molecule has 0 atom stereocenters. The molecule has 0 spiro atoms. The largest absolute Gasteiger partial charge is 0.325 e. The first-order valence-corrected chi connectivity index (χ1v) is 11.0. The summed E-state index contributed by atoms with van der Waals surface area (Å²) in [4.78, 5) is 22.0. The highest BCUT2D eigenvalue weighted by Gasteiger charge is 2.17. The number of rotatable bonds is 4. The fourth-order valence-corrected chi connectivity index (χ4v) is 4.10. The van der Waals surface area contributed by atoms with Crippen LogP contribution >= 0.6 is 23.4 Å². The third-order valence-corrected chi connectivity index (χ3v) is 5.88. The molecule has 1 aliphatic rings. The highest BCUT2D eigenvalue weighted by atomic mass is 35.5. The lowest BCUT2D eigenvalue weighted by Gasteiger charge is -2.09. The maximum absolute atomic E-state index is 13.4. The number of aryl methyl sites for hydroxylation is 1. The third kappa shape index (κ3) is 5.40. The minimum Gasteiger partial charge on any atom is -0.325 e. The molecule has 0 aromatic heterocycles. The van der Waals surface area contributed by atoms with Gasteiger partial charge in [0.15, 0.2) is 0 Å². The molecule has 1 aliphatic heterocycles. The number of carbonyl (C=O) groups is 1. The number of benzene rings is 3. The summed E-state index contributed by atoms with van der Waals surface area (Å²) in [6.45, 7) is 1.66. The SMILES string of the molecule is Cc1cc(NC(=O)CSC2=Nc3ccccc3N=C(c3cccc(Cl)c3)C2)ccc1F. The highest BCUT2D eigenvalue weighted by molar-refractivity contribution is 8.14. The number of para-hydroxylation sites is 2. The molecule has 0 bridgehead atoms. The van der Waals surface area contributed by atoms with Crippen LogP contribution in [0.2, 0.25) is 5.02 Å². The molecule has 0 aliphatic carbocycles. The maximum atomic E-state index is 13.4. The van der Waals surface area contributed by atoms with Gasteiger partial charge in [-0.1, -0.05) is 35.9 Å². The van der Waals surface area contributed by atoms with Crippen LogP contribution in [0.15, 0.2) is 76.7 Å². The zero-order valence-electron chi connectivity index (χ0n) is 16.7. The highest BCUT2D eigenvalue weighted by Crippen LogP contribution is 2.33. The van der Waals surface area contributed by atoms with Crippen molar-refractivity contribution in [3.8, 4) is 0 Å². The van der Waals surface area contributed by atoms with Gasteiger partial charge in [0.2, 0.25) is 5.91 Å². The molecule has 4 rings (SSSR count). The number of nitrogens with one attached hydrogen (secondary N) is 1. The molecule has 1 amide bonds. The molecule has 31 heavy (non-hydrogen) atoms. The zero-order valence-corrected chi connectivity index (χ0v) is 18.3. The number of aliphatic imine (C=N–C) groups is 2. The molecule has 0 fully saturated rings. The Morgan fingerprint density at radius 2 is 1.84 bits per heavy atom. The number of anilines is 1. The van der Waals surface area contributed by atoms with Crippen LogP contribution in [-0.4, -0.2) is 22.4 Å². The third-order valence-electron chi connectivity index (χ3n) is 4.67. The quantitative estimate of drug-likeness (QED) is 0.479. The predicted octanol–water partition coefficient (Wildman–Crippen LogP) is 6.71. The van der Waals surface area contributed by atoms with Crippen molar-refractivity contribution in [3.05, 3.63) is 88.7 Å². The van der Waals surface area contributed by atoms with E-state index < -0.39 is 0 Å². The van der Waals surface area contributed by atoms with Gasteiger partial charge in [0.05, 0.1) is 27.9 Å². The van der Waals surface area contributed by atoms with E-state index in [0.717, 1.165) is 27.7 Å². The first-order valence-electron chi connectivity index (χ1n) is 9.67. The van der Waals surface area contributed by atoms with Gasteiger partial charge in [-0.25, -0.2) is 9.38 Å². The van der Waals surface area contributed by atoms with Crippen LogP contribution in [-0.2, 0) is 4.79 Å². The Morgan fingerprint density at radius 1 is 1.06 bits per heavy atom. The number of nitrogens with zero attached hydrogens (tertiary/aromatic N) is 2. The smallest absolute Gasteiger partial charge is 0.234 e. The van der Waals surface area contributed by atoms with E-state index in [1.807, 2.05) is 48.5 Å². The Bertz CT molecular complexity index is 1210. The lowest BCUT2D eigenvalue weighted by Crippen LogP contribution is -2.16. The minimum absolute atomic E-state index is 0.181. The molecule has 0 saturated carbocycles. The van der Waals surface area contributed by atoms with Crippen molar-refractivity contribution < 1.29 is 9.18 Å². The number of carbonyl (C=O) groups excluding carboxylic acids is 1. The van der Waals surface area contributed by atoms with E-state index in [4.69, 9.17) is 21.6 Å². The molecular formula is C24H19ClFN3OS. The van der Waals surface area contributed by atoms with E-state index in [1.54, 1.807) is 19.1 Å². The molecule has 0 unspecified atom stereocenters. The second-order valence-electron chi connectivity index (χ2n) is 7.04. The Balaban J connectivity index is 1.52. The van der Waals surface area contributed by atoms with Crippen molar-refractivity contribution in [2.45, 2.75) is 13.3 Å². The number of fused-ring (bicyclic) bond motifs is 1. The molecule has 0 radical (unpaired) electrons. The topological polar surface area (TPSA) is 53.8 Å². The number of hydrogen-bond acceptors (Lipinski definition) is 4. The Labute approximate surface area is 189 Å². The van der Waals surface area contributed by atoms with Crippen LogP contribution in [0.25, 0.3) is 0 Å². The van der Waals surface area contributed by atoms with Gasteiger partial charge in [0.25, 0.3) is 0 Å². The van der Waals surface area contributed by atoms with E-state index in [9.17, 15) is 9.18 Å². The summed E-state index contributed by atoms with van der Waals surface area (Å²) in [5.74, 6) is -0.301. The van der Waals surface area contributed by atoms with Crippen LogP contribution in [0, 0.1) is 12.7 Å². The van der Waals surface area contributed by atoms with Crippen molar-refractivity contribution in [1.29, 1.82) is 0 Å². The van der Waals surface area contributed by atoms with Gasteiger partial charge in [-0.15, -0.1) is 11.8 Å². The van der Waals surface area contributed by atoms with Crippen LogP contribution in [0.3, 0.4) is 0 Å². The van der Waals surface area contributed by atoms with Crippen LogP contribution in [0.5, 0.6) is 0 Å². The maximum Gasteiger partial charge on any atom is 0.234 e. The van der Waals surface area contributed by atoms with E-state index in [1.165, 1.54) is 17.8 Å². The van der Waals surface area contributed by atoms with E-state index in [2.05, 4.69) is 5.32 Å². The second kappa shape index (κ2) is 9.45. The van der Waals surface area contributed by atoms with Crippen molar-refractivity contribution in [2.75, 3.05) is 11.1 Å². The van der Waals surface area contributed by atoms with E-state index >= 15 is 0 Å². The summed E-state index contributed by atoms with van der Waals surface area (Å²) >= 11 is 7.54. The number of halogens is 2. The van der Waals surface area contributed by atoms with Crippen molar-refractivity contribution in [3.63, 3.8) is 0 Å². The summed E-state index contributed by atoms with van der Waals surface area (Å²) < 4.78 is 13.4. The van der Waals surface area contributed by atoms with E-state index in [0.29, 0.717) is 22.7 Å². The van der Waals surface area contributed by atoms with Crippen LogP contribution in [0.4, 0.5) is 21.5 Å². The van der Waals surface area contributed by atoms with Gasteiger partial charge in [-0.05, 0) is 60.5 Å². The first-order chi connectivity index (χ1) is 15.0. The molecule has 0 saturated heterocycles. The van der Waals surface area contributed by atoms with Gasteiger partial charge >= 0.3 is 0 Å². The number of amides is 1. The number of hydrogen-bond donors (Lipinski definition) is 1. The van der Waals surface area contributed by atoms with Gasteiger partial charge < -0.3 is 5.32 Å². The molecule has 1 heterocycles. The van der Waals surface area contributed by atoms with E-state index in [-0.39, 0.29) is 17.5 Å². The Hall–Kier alpha value is -2.96. The monoisotopic (exact) mass is 451 g/mol. The minimum atomic E-state index is -0.299. The number of thioether (sulfide) groups is 1. The fourth-order valence-electron chi connectivity index (χ4n) is 3.14. The summed E-state index contributed by atoms with van der Waals surface area (Å²) in [5, 5.41) is 4.23. The molecule has 156 valence electrons. The summed E-state index contributed by atoms with van der Waals surface area (Å²) in [6.07, 6.45) is 0.489. The van der Waals surface area contributed by atoms with Gasteiger partial charge in [-0.2, -0.15) is 0 Å². The molecule has 7 heteroatoms. The molecule has 3 aromatic rings. The summed E-state index contributed by atoms with van der Waals surface area (Å²) in [7, 11) is 0. The molecular weight excluding hydrogens is 433 g/mol. The Kier molecular flexibility index (Phi) is 6.49. The summed E-state index contributed by atoms with van der Waals surface area (Å²) in [6, 6.07) is 19.7.